The zero-order chi connectivity index (χ0) is 16.2. The summed E-state index contributed by atoms with van der Waals surface area (Å²) in [6, 6.07) is 7.92. The van der Waals surface area contributed by atoms with Gasteiger partial charge in [0.25, 0.3) is 0 Å². The maximum absolute atomic E-state index is 10.8. The molecule has 1 aromatic heterocycles. The van der Waals surface area contributed by atoms with Gasteiger partial charge in [-0.05, 0) is 36.8 Å². The van der Waals surface area contributed by atoms with Crippen LogP contribution in [0.5, 0.6) is 0 Å². The molecule has 1 saturated heterocycles. The van der Waals surface area contributed by atoms with Gasteiger partial charge < -0.3 is 15.1 Å². The minimum absolute atomic E-state index is 0.571. The van der Waals surface area contributed by atoms with Crippen LogP contribution >= 0.6 is 15.9 Å². The Morgan fingerprint density at radius 2 is 2.00 bits per heavy atom. The van der Waals surface area contributed by atoms with Gasteiger partial charge >= 0.3 is 0 Å². The van der Waals surface area contributed by atoms with Crippen molar-refractivity contribution in [3.05, 3.63) is 40.5 Å². The number of benzene rings is 1. The highest BCUT2D eigenvalue weighted by Gasteiger charge is 2.17. The Morgan fingerprint density at radius 3 is 2.70 bits per heavy atom. The van der Waals surface area contributed by atoms with Gasteiger partial charge in [0, 0.05) is 42.5 Å². The summed E-state index contributed by atoms with van der Waals surface area (Å²) in [6.45, 7) is 5.06. The van der Waals surface area contributed by atoms with E-state index in [0.29, 0.717) is 5.95 Å². The van der Waals surface area contributed by atoms with Crippen molar-refractivity contribution in [2.24, 2.45) is 0 Å². The van der Waals surface area contributed by atoms with Crippen LogP contribution in [-0.4, -0.2) is 47.5 Å². The van der Waals surface area contributed by atoms with Crippen molar-refractivity contribution in [2.45, 2.75) is 6.92 Å². The topological polar surface area (TPSA) is 61.4 Å². The average molecular weight is 376 g/mol. The van der Waals surface area contributed by atoms with Crippen LogP contribution in [0.3, 0.4) is 0 Å². The molecule has 3 rings (SSSR count). The highest BCUT2D eigenvalue weighted by atomic mass is 79.9. The summed E-state index contributed by atoms with van der Waals surface area (Å²) in [4.78, 5) is 23.6. The van der Waals surface area contributed by atoms with E-state index in [1.54, 1.807) is 11.1 Å². The molecule has 120 valence electrons. The molecule has 2 heterocycles. The number of nitrogens with zero attached hydrogens (tertiary/aromatic N) is 4. The van der Waals surface area contributed by atoms with Gasteiger partial charge in [0.1, 0.15) is 5.82 Å². The average Bonchev–Trinajstić information content (AvgIpc) is 2.58. The molecule has 1 fully saturated rings. The minimum atomic E-state index is 0.571. The standard InChI is InChI=1S/C16H18BrN5O/c1-12-10-13(2-3-14(12)17)19-16-18-5-4-15(20-16)22-8-6-21(11-23)7-9-22/h2-5,10-11H,6-9H2,1H3,(H,18,19,20). The molecule has 1 amide bonds. The number of hydrogen-bond acceptors (Lipinski definition) is 5. The molecule has 0 atom stereocenters. The lowest BCUT2D eigenvalue weighted by Gasteiger charge is -2.33. The molecular formula is C16H18BrN5O. The molecule has 0 saturated carbocycles. The van der Waals surface area contributed by atoms with Crippen LogP contribution in [0.15, 0.2) is 34.9 Å². The predicted octanol–water partition coefficient (Wildman–Crippen LogP) is 2.57. The fraction of sp³-hybridized carbons (Fsp3) is 0.312. The van der Waals surface area contributed by atoms with E-state index in [9.17, 15) is 4.79 Å². The van der Waals surface area contributed by atoms with Gasteiger partial charge in [-0.1, -0.05) is 15.9 Å². The van der Waals surface area contributed by atoms with Crippen molar-refractivity contribution < 1.29 is 4.79 Å². The number of aryl methyl sites for hydroxylation is 1. The number of piperazine rings is 1. The third kappa shape index (κ3) is 3.79. The Kier molecular flexibility index (Phi) is 4.76. The Bertz CT molecular complexity index is 701. The molecule has 6 nitrogen and oxygen atoms in total. The second kappa shape index (κ2) is 6.95. The van der Waals surface area contributed by atoms with Crippen LogP contribution in [0.25, 0.3) is 0 Å². The highest BCUT2D eigenvalue weighted by molar-refractivity contribution is 9.10. The third-order valence-corrected chi connectivity index (χ3v) is 4.73. The van der Waals surface area contributed by atoms with Gasteiger partial charge in [-0.25, -0.2) is 4.98 Å². The van der Waals surface area contributed by atoms with E-state index < -0.39 is 0 Å². The zero-order valence-corrected chi connectivity index (χ0v) is 14.5. The van der Waals surface area contributed by atoms with Crippen molar-refractivity contribution in [1.29, 1.82) is 0 Å². The number of nitrogens with one attached hydrogen (secondary N) is 1. The first-order valence-corrected chi connectivity index (χ1v) is 8.25. The monoisotopic (exact) mass is 375 g/mol. The first-order chi connectivity index (χ1) is 11.2. The normalized spacial score (nSPS) is 14.7. The molecule has 0 aliphatic carbocycles. The predicted molar refractivity (Wildman–Crippen MR) is 94.0 cm³/mol. The molecule has 7 heteroatoms. The zero-order valence-electron chi connectivity index (χ0n) is 12.9. The SMILES string of the molecule is Cc1cc(Nc2nccc(N3CCN(C=O)CC3)n2)ccc1Br. The largest absolute Gasteiger partial charge is 0.353 e. The van der Waals surface area contributed by atoms with E-state index in [1.807, 2.05) is 31.2 Å². The lowest BCUT2D eigenvalue weighted by Crippen LogP contribution is -2.46. The molecule has 0 bridgehead atoms. The molecule has 23 heavy (non-hydrogen) atoms. The van der Waals surface area contributed by atoms with Gasteiger partial charge in [0.2, 0.25) is 12.4 Å². The first-order valence-electron chi connectivity index (χ1n) is 7.46. The number of amides is 1. The second-order valence-corrected chi connectivity index (χ2v) is 6.31. The molecule has 1 aliphatic heterocycles. The molecule has 0 unspecified atom stereocenters. The Labute approximate surface area is 143 Å². The van der Waals surface area contributed by atoms with Gasteiger partial charge in [0.15, 0.2) is 0 Å². The minimum Gasteiger partial charge on any atom is -0.353 e. The Morgan fingerprint density at radius 1 is 1.22 bits per heavy atom. The van der Waals surface area contributed by atoms with Crippen LogP contribution in [-0.2, 0) is 4.79 Å². The van der Waals surface area contributed by atoms with E-state index >= 15 is 0 Å². The lowest BCUT2D eigenvalue weighted by atomic mass is 10.2. The maximum Gasteiger partial charge on any atom is 0.229 e. The van der Waals surface area contributed by atoms with Gasteiger partial charge in [-0.3, -0.25) is 4.79 Å². The summed E-state index contributed by atoms with van der Waals surface area (Å²) in [6.07, 6.45) is 2.66. The second-order valence-electron chi connectivity index (χ2n) is 5.46. The summed E-state index contributed by atoms with van der Waals surface area (Å²) >= 11 is 3.49. The number of hydrogen-bond donors (Lipinski definition) is 1. The summed E-state index contributed by atoms with van der Waals surface area (Å²) in [5.41, 5.74) is 2.10. The van der Waals surface area contributed by atoms with E-state index in [0.717, 1.165) is 54.1 Å². The molecular weight excluding hydrogens is 358 g/mol. The van der Waals surface area contributed by atoms with Crippen LogP contribution < -0.4 is 10.2 Å². The quantitative estimate of drug-likeness (QED) is 0.832. The van der Waals surface area contributed by atoms with Crippen molar-refractivity contribution in [1.82, 2.24) is 14.9 Å². The van der Waals surface area contributed by atoms with Crippen molar-refractivity contribution in [3.63, 3.8) is 0 Å². The summed E-state index contributed by atoms with van der Waals surface area (Å²) in [7, 11) is 0. The smallest absolute Gasteiger partial charge is 0.229 e. The van der Waals surface area contributed by atoms with Gasteiger partial charge in [0.05, 0.1) is 0 Å². The summed E-state index contributed by atoms with van der Waals surface area (Å²) < 4.78 is 1.07. The van der Waals surface area contributed by atoms with Crippen LogP contribution in [0.4, 0.5) is 17.5 Å². The van der Waals surface area contributed by atoms with Crippen molar-refractivity contribution >= 4 is 39.8 Å². The van der Waals surface area contributed by atoms with Crippen molar-refractivity contribution in [2.75, 3.05) is 36.4 Å². The molecule has 1 N–H and O–H groups in total. The fourth-order valence-electron chi connectivity index (χ4n) is 2.49. The molecule has 0 radical (unpaired) electrons. The molecule has 1 aliphatic rings. The first kappa shape index (κ1) is 15.7. The fourth-order valence-corrected chi connectivity index (χ4v) is 2.74. The summed E-state index contributed by atoms with van der Waals surface area (Å²) in [5, 5.41) is 3.24. The third-order valence-electron chi connectivity index (χ3n) is 3.84. The molecule has 1 aromatic carbocycles. The van der Waals surface area contributed by atoms with Crippen molar-refractivity contribution in [3.8, 4) is 0 Å². The molecule has 2 aromatic rings. The molecule has 0 spiro atoms. The number of carbonyl (C=O) groups is 1. The number of anilines is 3. The van der Waals surface area contributed by atoms with Crippen LogP contribution in [0, 0.1) is 6.92 Å². The maximum atomic E-state index is 10.8. The number of aromatic nitrogens is 2. The number of carbonyl (C=O) groups excluding carboxylic acids is 1. The highest BCUT2D eigenvalue weighted by Crippen LogP contribution is 2.22. The van der Waals surface area contributed by atoms with E-state index in [-0.39, 0.29) is 0 Å². The van der Waals surface area contributed by atoms with Gasteiger partial charge in [-0.15, -0.1) is 0 Å². The lowest BCUT2D eigenvalue weighted by molar-refractivity contribution is -0.118. The summed E-state index contributed by atoms with van der Waals surface area (Å²) in [5.74, 6) is 1.45. The van der Waals surface area contributed by atoms with Crippen LogP contribution in [0.2, 0.25) is 0 Å². The van der Waals surface area contributed by atoms with Gasteiger partial charge in [-0.2, -0.15) is 4.98 Å². The van der Waals surface area contributed by atoms with Crippen LogP contribution in [0.1, 0.15) is 5.56 Å². The Balaban J connectivity index is 1.72. The number of halogens is 1. The van der Waals surface area contributed by atoms with E-state index in [2.05, 4.69) is 36.1 Å². The van der Waals surface area contributed by atoms with E-state index in [1.165, 1.54) is 0 Å². The number of rotatable bonds is 4. The van der Waals surface area contributed by atoms with E-state index in [4.69, 9.17) is 0 Å². The Hall–Kier alpha value is -2.15.